The maximum absolute atomic E-state index is 10.7. The second kappa shape index (κ2) is 8.33. The maximum Gasteiger partial charge on any atom is 0.134 e. The van der Waals surface area contributed by atoms with E-state index in [4.69, 9.17) is 16.0 Å². The van der Waals surface area contributed by atoms with E-state index >= 15 is 0 Å². The van der Waals surface area contributed by atoms with Crippen molar-refractivity contribution >= 4 is 11.6 Å². The average molecular weight is 390 g/mol. The van der Waals surface area contributed by atoms with E-state index < -0.39 is 0 Å². The zero-order valence-electron chi connectivity index (χ0n) is 15.9. The van der Waals surface area contributed by atoms with Crippen LogP contribution in [0.25, 0.3) is 11.3 Å². The molecule has 2 saturated heterocycles. The fourth-order valence-corrected chi connectivity index (χ4v) is 4.38. The lowest BCUT2D eigenvalue weighted by Crippen LogP contribution is -2.58. The van der Waals surface area contributed by atoms with Crippen molar-refractivity contribution in [1.82, 2.24) is 14.7 Å². The number of aliphatic hydroxyl groups excluding tert-OH is 1. The first-order valence-electron chi connectivity index (χ1n) is 9.76. The Morgan fingerprint density at radius 2 is 1.93 bits per heavy atom. The zero-order valence-corrected chi connectivity index (χ0v) is 16.6. The first-order valence-corrected chi connectivity index (χ1v) is 10.1. The van der Waals surface area contributed by atoms with E-state index in [1.54, 1.807) is 0 Å². The summed E-state index contributed by atoms with van der Waals surface area (Å²) in [6.07, 6.45) is 0.705. The number of likely N-dealkylation sites (tertiary alicyclic amines) is 1. The predicted octanol–water partition coefficient (Wildman–Crippen LogP) is 2.78. The lowest BCUT2D eigenvalue weighted by Gasteiger charge is -2.44. The van der Waals surface area contributed by atoms with Gasteiger partial charge in [0.25, 0.3) is 0 Å². The quantitative estimate of drug-likeness (QED) is 0.871. The Bertz CT molecular complexity index is 757. The molecule has 0 bridgehead atoms. The van der Waals surface area contributed by atoms with E-state index in [-0.39, 0.29) is 12.1 Å². The van der Waals surface area contributed by atoms with Crippen molar-refractivity contribution in [2.24, 2.45) is 0 Å². The fourth-order valence-electron chi connectivity index (χ4n) is 4.19. The maximum atomic E-state index is 10.7. The van der Waals surface area contributed by atoms with Crippen LogP contribution < -0.4 is 0 Å². The molecule has 2 aliphatic heterocycles. The molecule has 0 saturated carbocycles. The Labute approximate surface area is 166 Å². The standard InChI is InChI=1S/C21H28ClN3O2/c1-23-9-11-25(12-10-23)19-7-8-24(15-20(19)26)14-18-5-6-21(27-18)16-3-2-4-17(22)13-16/h2-6,13,19-20,26H,7-12,14-15H2,1H3/t19-,20-/m1/s1. The number of benzene rings is 1. The summed E-state index contributed by atoms with van der Waals surface area (Å²) in [5, 5.41) is 11.4. The van der Waals surface area contributed by atoms with Gasteiger partial charge in [0.05, 0.1) is 12.6 Å². The van der Waals surface area contributed by atoms with Gasteiger partial charge in [-0.25, -0.2) is 0 Å². The number of β-amino-alcohol motifs (C(OH)–C–C–N with tert-alkyl or cyclic N) is 1. The summed E-state index contributed by atoms with van der Waals surface area (Å²) in [5.41, 5.74) is 0.988. The van der Waals surface area contributed by atoms with Crippen molar-refractivity contribution < 1.29 is 9.52 Å². The molecule has 1 aromatic heterocycles. The van der Waals surface area contributed by atoms with E-state index in [1.807, 2.05) is 36.4 Å². The number of halogens is 1. The van der Waals surface area contributed by atoms with Crippen molar-refractivity contribution in [3.05, 3.63) is 47.2 Å². The van der Waals surface area contributed by atoms with Crippen LogP contribution in [0.1, 0.15) is 12.2 Å². The third-order valence-corrected chi connectivity index (χ3v) is 6.02. The first-order chi connectivity index (χ1) is 13.1. The van der Waals surface area contributed by atoms with Crippen LogP contribution in [-0.4, -0.2) is 78.3 Å². The van der Waals surface area contributed by atoms with Gasteiger partial charge in [0, 0.05) is 55.9 Å². The minimum Gasteiger partial charge on any atom is -0.460 e. The second-order valence-electron chi connectivity index (χ2n) is 7.77. The Hall–Kier alpha value is -1.37. The highest BCUT2D eigenvalue weighted by molar-refractivity contribution is 6.30. The molecule has 6 heteroatoms. The van der Waals surface area contributed by atoms with Crippen molar-refractivity contribution in [3.8, 4) is 11.3 Å². The largest absolute Gasteiger partial charge is 0.460 e. The number of piperidine rings is 1. The molecule has 0 aliphatic carbocycles. The molecule has 0 unspecified atom stereocenters. The number of hydrogen-bond acceptors (Lipinski definition) is 5. The molecule has 0 amide bonds. The molecule has 27 heavy (non-hydrogen) atoms. The number of nitrogens with zero attached hydrogens (tertiary/aromatic N) is 3. The summed E-state index contributed by atoms with van der Waals surface area (Å²) in [4.78, 5) is 7.11. The summed E-state index contributed by atoms with van der Waals surface area (Å²) < 4.78 is 6.02. The van der Waals surface area contributed by atoms with Gasteiger partial charge >= 0.3 is 0 Å². The van der Waals surface area contributed by atoms with Gasteiger partial charge in [0.15, 0.2) is 0 Å². The van der Waals surface area contributed by atoms with E-state index in [9.17, 15) is 5.11 Å². The van der Waals surface area contributed by atoms with Gasteiger partial charge in [-0.2, -0.15) is 0 Å². The summed E-state index contributed by atoms with van der Waals surface area (Å²) in [6, 6.07) is 12.0. The normalized spacial score (nSPS) is 25.7. The smallest absolute Gasteiger partial charge is 0.134 e. The average Bonchev–Trinajstić information content (AvgIpc) is 3.11. The first kappa shape index (κ1) is 19.0. The van der Waals surface area contributed by atoms with Crippen LogP contribution in [0.2, 0.25) is 5.02 Å². The van der Waals surface area contributed by atoms with E-state index in [2.05, 4.69) is 21.7 Å². The third kappa shape index (κ3) is 4.55. The zero-order chi connectivity index (χ0) is 18.8. The Morgan fingerprint density at radius 3 is 2.67 bits per heavy atom. The van der Waals surface area contributed by atoms with Crippen molar-refractivity contribution in [3.63, 3.8) is 0 Å². The molecule has 2 aromatic rings. The van der Waals surface area contributed by atoms with Crippen LogP contribution in [0, 0.1) is 0 Å². The van der Waals surface area contributed by atoms with Crippen molar-refractivity contribution in [2.75, 3.05) is 46.3 Å². The number of furan rings is 1. The summed E-state index contributed by atoms with van der Waals surface area (Å²) in [7, 11) is 2.16. The van der Waals surface area contributed by atoms with Gasteiger partial charge in [-0.15, -0.1) is 0 Å². The van der Waals surface area contributed by atoms with Crippen LogP contribution in [0.5, 0.6) is 0 Å². The van der Waals surface area contributed by atoms with Gasteiger partial charge in [-0.1, -0.05) is 23.7 Å². The molecule has 2 atom stereocenters. The molecule has 2 aliphatic rings. The molecule has 5 nitrogen and oxygen atoms in total. The molecule has 0 radical (unpaired) electrons. The fraction of sp³-hybridized carbons (Fsp3) is 0.524. The van der Waals surface area contributed by atoms with Crippen LogP contribution >= 0.6 is 11.6 Å². The number of likely N-dealkylation sites (N-methyl/N-ethyl adjacent to an activating group) is 1. The molecule has 1 aromatic carbocycles. The van der Waals surface area contributed by atoms with Crippen LogP contribution in [0.3, 0.4) is 0 Å². The summed E-state index contributed by atoms with van der Waals surface area (Å²) in [5.74, 6) is 1.76. The monoisotopic (exact) mass is 389 g/mol. The summed E-state index contributed by atoms with van der Waals surface area (Å²) in [6.45, 7) is 6.70. The van der Waals surface area contributed by atoms with Gasteiger partial charge in [-0.05, 0) is 37.7 Å². The van der Waals surface area contributed by atoms with E-state index in [0.29, 0.717) is 11.6 Å². The minimum atomic E-state index is -0.301. The highest BCUT2D eigenvalue weighted by Crippen LogP contribution is 2.26. The Kier molecular flexibility index (Phi) is 5.85. The van der Waals surface area contributed by atoms with Gasteiger partial charge < -0.3 is 14.4 Å². The number of rotatable bonds is 4. The number of aliphatic hydroxyl groups is 1. The summed E-state index contributed by atoms with van der Waals surface area (Å²) >= 11 is 6.07. The molecule has 1 N–H and O–H groups in total. The van der Waals surface area contributed by atoms with Gasteiger partial charge in [0.2, 0.25) is 0 Å². The number of hydrogen-bond donors (Lipinski definition) is 1. The van der Waals surface area contributed by atoms with E-state index in [0.717, 1.165) is 62.8 Å². The molecular formula is C21H28ClN3O2. The second-order valence-corrected chi connectivity index (χ2v) is 8.21. The topological polar surface area (TPSA) is 43.1 Å². The molecular weight excluding hydrogens is 362 g/mol. The third-order valence-electron chi connectivity index (χ3n) is 5.79. The highest BCUT2D eigenvalue weighted by Gasteiger charge is 2.33. The van der Waals surface area contributed by atoms with Crippen molar-refractivity contribution in [1.29, 1.82) is 0 Å². The predicted molar refractivity (Wildman–Crippen MR) is 108 cm³/mol. The molecule has 3 heterocycles. The van der Waals surface area contributed by atoms with Crippen LogP contribution in [-0.2, 0) is 6.54 Å². The van der Waals surface area contributed by atoms with Gasteiger partial charge in [-0.3, -0.25) is 9.80 Å². The molecule has 0 spiro atoms. The van der Waals surface area contributed by atoms with E-state index in [1.165, 1.54) is 0 Å². The lowest BCUT2D eigenvalue weighted by atomic mass is 9.99. The van der Waals surface area contributed by atoms with Crippen molar-refractivity contribution in [2.45, 2.75) is 25.1 Å². The SMILES string of the molecule is CN1CCN([C@@H]2CCN(Cc3ccc(-c4cccc(Cl)c4)o3)C[C@H]2O)CC1. The highest BCUT2D eigenvalue weighted by atomic mass is 35.5. The molecule has 2 fully saturated rings. The van der Waals surface area contributed by atoms with Crippen LogP contribution in [0.4, 0.5) is 0 Å². The Balaban J connectivity index is 1.34. The van der Waals surface area contributed by atoms with Gasteiger partial charge in [0.1, 0.15) is 11.5 Å². The number of piperazine rings is 1. The molecule has 146 valence electrons. The Morgan fingerprint density at radius 1 is 1.11 bits per heavy atom. The minimum absolute atomic E-state index is 0.286. The lowest BCUT2D eigenvalue weighted by molar-refractivity contribution is -0.0298. The molecule has 4 rings (SSSR count). The van der Waals surface area contributed by atoms with Crippen LogP contribution in [0.15, 0.2) is 40.8 Å².